The molecule has 5 nitrogen and oxygen atoms in total. The Bertz CT molecular complexity index is 260. The molecule has 1 unspecified atom stereocenters. The number of aliphatic hydroxyl groups excluding tert-OH is 1. The Morgan fingerprint density at radius 2 is 2.44 bits per heavy atom. The molecule has 0 radical (unpaired) electrons. The summed E-state index contributed by atoms with van der Waals surface area (Å²) in [6, 6.07) is 0. The van der Waals surface area contributed by atoms with Gasteiger partial charge in [-0.25, -0.2) is 0 Å². The van der Waals surface area contributed by atoms with Crippen LogP contribution in [0.15, 0.2) is 0 Å². The average Bonchev–Trinajstić information content (AvgIpc) is 2.69. The lowest BCUT2D eigenvalue weighted by molar-refractivity contribution is -0.121. The van der Waals surface area contributed by atoms with Gasteiger partial charge in [-0.2, -0.15) is 0 Å². The van der Waals surface area contributed by atoms with E-state index in [4.69, 9.17) is 5.11 Å². The van der Waals surface area contributed by atoms with Crippen molar-refractivity contribution in [3.8, 4) is 0 Å². The van der Waals surface area contributed by atoms with Crippen molar-refractivity contribution in [2.45, 2.75) is 13.3 Å². The van der Waals surface area contributed by atoms with E-state index in [0.717, 1.165) is 12.3 Å². The summed E-state index contributed by atoms with van der Waals surface area (Å²) in [6.45, 7) is 3.65. The lowest BCUT2D eigenvalue weighted by Crippen LogP contribution is -2.33. The van der Waals surface area contributed by atoms with E-state index in [1.165, 1.54) is 11.8 Å². The molecule has 1 saturated heterocycles. The smallest absolute Gasteiger partial charge is 0.281 e. The molecule has 2 amide bonds. The highest BCUT2D eigenvalue weighted by Crippen LogP contribution is 2.16. The molecule has 0 saturated carbocycles. The van der Waals surface area contributed by atoms with Crippen LogP contribution in [-0.4, -0.2) is 53.1 Å². The first-order valence-electron chi connectivity index (χ1n) is 5.42. The van der Waals surface area contributed by atoms with Crippen LogP contribution in [0.2, 0.25) is 0 Å². The Labute approximate surface area is 99.6 Å². The summed E-state index contributed by atoms with van der Waals surface area (Å²) < 4.78 is 0. The Morgan fingerprint density at radius 1 is 1.69 bits per heavy atom. The third-order valence-electron chi connectivity index (χ3n) is 2.41. The fourth-order valence-corrected chi connectivity index (χ4v) is 2.16. The van der Waals surface area contributed by atoms with Crippen LogP contribution in [0.4, 0.5) is 4.79 Å². The highest BCUT2D eigenvalue weighted by molar-refractivity contribution is 8.13. The standard InChI is InChI=1S/C10H18N2O3S/c1-8(7-13)6-11-9(14)2-3-12-4-5-16-10(12)15/h8,13H,2-7H2,1H3,(H,11,14). The second-order valence-corrected chi connectivity index (χ2v) is 4.99. The molecule has 1 heterocycles. The molecular formula is C10H18N2O3S. The summed E-state index contributed by atoms with van der Waals surface area (Å²) >= 11 is 1.30. The number of carbonyl (C=O) groups is 2. The van der Waals surface area contributed by atoms with Crippen molar-refractivity contribution in [1.82, 2.24) is 10.2 Å². The topological polar surface area (TPSA) is 69.6 Å². The lowest BCUT2D eigenvalue weighted by Gasteiger charge is -2.14. The molecule has 92 valence electrons. The molecule has 1 atom stereocenters. The number of nitrogens with zero attached hydrogens (tertiary/aromatic N) is 1. The van der Waals surface area contributed by atoms with E-state index in [1.54, 1.807) is 4.90 Å². The second kappa shape index (κ2) is 6.75. The minimum Gasteiger partial charge on any atom is -0.396 e. The minimum atomic E-state index is -0.0648. The molecular weight excluding hydrogens is 228 g/mol. The molecule has 2 N–H and O–H groups in total. The SMILES string of the molecule is CC(CO)CNC(=O)CCN1CCSC1=O. The number of rotatable bonds is 6. The van der Waals surface area contributed by atoms with Gasteiger partial charge in [0.2, 0.25) is 5.91 Å². The van der Waals surface area contributed by atoms with Gasteiger partial charge in [-0.05, 0) is 5.92 Å². The van der Waals surface area contributed by atoms with Gasteiger partial charge in [0.25, 0.3) is 5.24 Å². The van der Waals surface area contributed by atoms with E-state index in [2.05, 4.69) is 5.32 Å². The van der Waals surface area contributed by atoms with Gasteiger partial charge in [0.05, 0.1) is 0 Å². The average molecular weight is 246 g/mol. The summed E-state index contributed by atoms with van der Waals surface area (Å²) in [5.74, 6) is 0.833. The van der Waals surface area contributed by atoms with Gasteiger partial charge in [0.15, 0.2) is 0 Å². The van der Waals surface area contributed by atoms with Gasteiger partial charge >= 0.3 is 0 Å². The summed E-state index contributed by atoms with van der Waals surface area (Å²) in [5, 5.41) is 11.6. The van der Waals surface area contributed by atoms with Crippen molar-refractivity contribution in [3.05, 3.63) is 0 Å². The second-order valence-electron chi connectivity index (χ2n) is 3.94. The van der Waals surface area contributed by atoms with Crippen LogP contribution in [0.25, 0.3) is 0 Å². The molecule has 1 rings (SSSR count). The zero-order valence-electron chi connectivity index (χ0n) is 9.44. The van der Waals surface area contributed by atoms with E-state index >= 15 is 0 Å². The molecule has 0 bridgehead atoms. The number of amides is 2. The van der Waals surface area contributed by atoms with Crippen molar-refractivity contribution < 1.29 is 14.7 Å². The quantitative estimate of drug-likeness (QED) is 0.707. The summed E-state index contributed by atoms with van der Waals surface area (Å²) in [4.78, 5) is 24.3. The van der Waals surface area contributed by atoms with E-state index in [0.29, 0.717) is 19.5 Å². The van der Waals surface area contributed by atoms with Gasteiger partial charge in [0.1, 0.15) is 0 Å². The van der Waals surface area contributed by atoms with Crippen molar-refractivity contribution in [2.75, 3.05) is 32.0 Å². The van der Waals surface area contributed by atoms with E-state index in [1.807, 2.05) is 6.92 Å². The summed E-state index contributed by atoms with van der Waals surface area (Å²) in [5.41, 5.74) is 0. The Balaban J connectivity index is 2.12. The Morgan fingerprint density at radius 3 is 3.00 bits per heavy atom. The van der Waals surface area contributed by atoms with Crippen LogP contribution >= 0.6 is 11.8 Å². The van der Waals surface area contributed by atoms with Crippen LogP contribution in [0.5, 0.6) is 0 Å². The highest BCUT2D eigenvalue weighted by Gasteiger charge is 2.21. The van der Waals surface area contributed by atoms with Crippen LogP contribution in [0.1, 0.15) is 13.3 Å². The first-order chi connectivity index (χ1) is 7.63. The zero-order valence-corrected chi connectivity index (χ0v) is 10.3. The normalized spacial score (nSPS) is 17.6. The Hall–Kier alpha value is -0.750. The van der Waals surface area contributed by atoms with E-state index < -0.39 is 0 Å². The number of aliphatic hydroxyl groups is 1. The number of hydrogen-bond donors (Lipinski definition) is 2. The number of hydrogen-bond acceptors (Lipinski definition) is 4. The van der Waals surface area contributed by atoms with E-state index in [9.17, 15) is 9.59 Å². The maximum atomic E-state index is 11.4. The number of thioether (sulfide) groups is 1. The fourth-order valence-electron chi connectivity index (χ4n) is 1.31. The summed E-state index contributed by atoms with van der Waals surface area (Å²) in [7, 11) is 0. The number of carbonyl (C=O) groups excluding carboxylic acids is 2. The molecule has 0 aliphatic carbocycles. The molecule has 0 aromatic carbocycles. The van der Waals surface area contributed by atoms with Gasteiger partial charge in [-0.15, -0.1) is 0 Å². The third-order valence-corrected chi connectivity index (χ3v) is 3.30. The highest BCUT2D eigenvalue weighted by atomic mass is 32.2. The molecule has 0 spiro atoms. The molecule has 1 aliphatic heterocycles. The van der Waals surface area contributed by atoms with Crippen molar-refractivity contribution in [2.24, 2.45) is 5.92 Å². The molecule has 0 aromatic heterocycles. The van der Waals surface area contributed by atoms with Gasteiger partial charge < -0.3 is 15.3 Å². The largest absolute Gasteiger partial charge is 0.396 e. The zero-order chi connectivity index (χ0) is 12.0. The van der Waals surface area contributed by atoms with Gasteiger partial charge in [-0.3, -0.25) is 9.59 Å². The molecule has 1 fully saturated rings. The van der Waals surface area contributed by atoms with E-state index in [-0.39, 0.29) is 23.7 Å². The monoisotopic (exact) mass is 246 g/mol. The molecule has 6 heteroatoms. The number of nitrogens with one attached hydrogen (secondary N) is 1. The lowest BCUT2D eigenvalue weighted by atomic mass is 10.2. The van der Waals surface area contributed by atoms with Gasteiger partial charge in [0, 0.05) is 38.4 Å². The minimum absolute atomic E-state index is 0.0648. The third kappa shape index (κ3) is 4.40. The molecule has 0 aromatic rings. The maximum Gasteiger partial charge on any atom is 0.281 e. The Kier molecular flexibility index (Phi) is 5.62. The van der Waals surface area contributed by atoms with Crippen LogP contribution in [0, 0.1) is 5.92 Å². The van der Waals surface area contributed by atoms with Crippen molar-refractivity contribution in [1.29, 1.82) is 0 Å². The fraction of sp³-hybridized carbons (Fsp3) is 0.800. The summed E-state index contributed by atoms with van der Waals surface area (Å²) in [6.07, 6.45) is 0.338. The van der Waals surface area contributed by atoms with Crippen LogP contribution in [0.3, 0.4) is 0 Å². The molecule has 16 heavy (non-hydrogen) atoms. The van der Waals surface area contributed by atoms with Crippen molar-refractivity contribution >= 4 is 22.9 Å². The molecule has 1 aliphatic rings. The predicted octanol–water partition coefficient (Wildman–Crippen LogP) is 0.290. The first-order valence-corrected chi connectivity index (χ1v) is 6.41. The maximum absolute atomic E-state index is 11.4. The first kappa shape index (κ1) is 13.3. The van der Waals surface area contributed by atoms with Crippen LogP contribution in [-0.2, 0) is 4.79 Å². The predicted molar refractivity (Wildman–Crippen MR) is 63.3 cm³/mol. The van der Waals surface area contributed by atoms with Crippen molar-refractivity contribution in [3.63, 3.8) is 0 Å². The van der Waals surface area contributed by atoms with Gasteiger partial charge in [-0.1, -0.05) is 18.7 Å². The van der Waals surface area contributed by atoms with Crippen LogP contribution < -0.4 is 5.32 Å².